The van der Waals surface area contributed by atoms with Crippen molar-refractivity contribution in [1.82, 2.24) is 0 Å². The molecule has 1 amide bonds. The number of benzene rings is 2. The van der Waals surface area contributed by atoms with E-state index in [2.05, 4.69) is 5.32 Å². The summed E-state index contributed by atoms with van der Waals surface area (Å²) in [5, 5.41) is 2.84. The van der Waals surface area contributed by atoms with Crippen LogP contribution in [0.25, 0.3) is 0 Å². The number of carbonyl (C=O) groups excluding carboxylic acids is 1. The maximum absolute atomic E-state index is 13.2. The van der Waals surface area contributed by atoms with Gasteiger partial charge in [-0.15, -0.1) is 0 Å². The van der Waals surface area contributed by atoms with Gasteiger partial charge in [-0.1, -0.05) is 12.1 Å². The zero-order valence-electron chi connectivity index (χ0n) is 13.8. The van der Waals surface area contributed by atoms with Crippen molar-refractivity contribution in [3.05, 3.63) is 53.3 Å². The molecule has 4 nitrogen and oxygen atoms in total. The van der Waals surface area contributed by atoms with Crippen LogP contribution in [0.4, 0.5) is 10.1 Å². The maximum Gasteiger partial charge on any atom is 0.228 e. The molecule has 1 atom stereocenters. The molecule has 0 bridgehead atoms. The molecule has 0 saturated heterocycles. The Balaban J connectivity index is 1.78. The quantitative estimate of drug-likeness (QED) is 0.909. The molecule has 0 spiro atoms. The Morgan fingerprint density at radius 2 is 2.21 bits per heavy atom. The fourth-order valence-electron chi connectivity index (χ4n) is 2.84. The molecule has 1 heterocycles. The van der Waals surface area contributed by atoms with Crippen LogP contribution in [0.15, 0.2) is 36.4 Å². The Morgan fingerprint density at radius 3 is 2.96 bits per heavy atom. The summed E-state index contributed by atoms with van der Waals surface area (Å²) in [5.41, 5.74) is 2.27. The number of fused-ring (bicyclic) bond motifs is 1. The maximum atomic E-state index is 13.2. The molecule has 1 N–H and O–H groups in total. The summed E-state index contributed by atoms with van der Waals surface area (Å²) in [5.74, 6) is 0.816. The molecule has 1 unspecified atom stereocenters. The van der Waals surface area contributed by atoms with Gasteiger partial charge >= 0.3 is 0 Å². The minimum absolute atomic E-state index is 0.0949. The Labute approximate surface area is 140 Å². The van der Waals surface area contributed by atoms with Gasteiger partial charge in [0.05, 0.1) is 18.7 Å². The van der Waals surface area contributed by atoms with Gasteiger partial charge in [-0.25, -0.2) is 4.39 Å². The summed E-state index contributed by atoms with van der Waals surface area (Å²) in [6, 6.07) is 9.74. The number of anilines is 1. The van der Waals surface area contributed by atoms with Gasteiger partial charge in [0.2, 0.25) is 5.91 Å². The number of nitrogens with one attached hydrogen (secondary N) is 1. The standard InChI is InChI=1S/C19H20FNO3/c1-3-23-18-10-14-7-12(2)24-17(14)11-16(18)21-19(22)9-13-5-4-6-15(20)8-13/h4-6,8,10-12H,3,7,9H2,1-2H3,(H,21,22). The van der Waals surface area contributed by atoms with Crippen molar-refractivity contribution in [3.8, 4) is 11.5 Å². The lowest BCUT2D eigenvalue weighted by molar-refractivity contribution is -0.115. The molecule has 3 rings (SSSR count). The van der Waals surface area contributed by atoms with Crippen LogP contribution in [0.2, 0.25) is 0 Å². The SMILES string of the molecule is CCOc1cc2c(cc1NC(=O)Cc1cccc(F)c1)OC(C)C2. The van der Waals surface area contributed by atoms with Gasteiger partial charge in [0, 0.05) is 18.1 Å². The van der Waals surface area contributed by atoms with E-state index >= 15 is 0 Å². The third-order valence-corrected chi connectivity index (χ3v) is 3.83. The van der Waals surface area contributed by atoms with E-state index in [0.29, 0.717) is 23.6 Å². The molecule has 0 aromatic heterocycles. The molecular formula is C19H20FNO3. The zero-order chi connectivity index (χ0) is 17.1. The predicted octanol–water partition coefficient (Wildman–Crippen LogP) is 3.73. The third-order valence-electron chi connectivity index (χ3n) is 3.83. The fourth-order valence-corrected chi connectivity index (χ4v) is 2.84. The fraction of sp³-hybridized carbons (Fsp3) is 0.316. The van der Waals surface area contributed by atoms with Gasteiger partial charge in [-0.3, -0.25) is 4.79 Å². The second kappa shape index (κ2) is 6.91. The van der Waals surface area contributed by atoms with Crippen LogP contribution >= 0.6 is 0 Å². The van der Waals surface area contributed by atoms with Gasteiger partial charge in [0.1, 0.15) is 23.4 Å². The first-order chi connectivity index (χ1) is 11.5. The van der Waals surface area contributed by atoms with E-state index in [4.69, 9.17) is 9.47 Å². The minimum Gasteiger partial charge on any atom is -0.492 e. The van der Waals surface area contributed by atoms with Gasteiger partial charge in [0.25, 0.3) is 0 Å². The number of rotatable bonds is 5. The predicted molar refractivity (Wildman–Crippen MR) is 90.1 cm³/mol. The molecule has 1 aliphatic heterocycles. The van der Waals surface area contributed by atoms with E-state index in [0.717, 1.165) is 17.7 Å². The highest BCUT2D eigenvalue weighted by molar-refractivity contribution is 5.94. The molecule has 2 aromatic rings. The molecule has 0 aliphatic carbocycles. The molecule has 0 saturated carbocycles. The van der Waals surface area contributed by atoms with Crippen molar-refractivity contribution < 1.29 is 18.7 Å². The highest BCUT2D eigenvalue weighted by Crippen LogP contribution is 2.38. The van der Waals surface area contributed by atoms with Crippen LogP contribution in [-0.2, 0) is 17.6 Å². The molecule has 0 radical (unpaired) electrons. The van der Waals surface area contributed by atoms with Crippen molar-refractivity contribution in [3.63, 3.8) is 0 Å². The van der Waals surface area contributed by atoms with Crippen LogP contribution in [0, 0.1) is 5.82 Å². The minimum atomic E-state index is -0.352. The van der Waals surface area contributed by atoms with Gasteiger partial charge in [-0.05, 0) is 37.6 Å². The number of ether oxygens (including phenoxy) is 2. The van der Waals surface area contributed by atoms with E-state index < -0.39 is 0 Å². The Bertz CT molecular complexity index is 760. The van der Waals surface area contributed by atoms with E-state index in [-0.39, 0.29) is 24.2 Å². The van der Waals surface area contributed by atoms with Gasteiger partial charge in [-0.2, -0.15) is 0 Å². The number of halogens is 1. The molecule has 24 heavy (non-hydrogen) atoms. The lowest BCUT2D eigenvalue weighted by atomic mass is 10.1. The average Bonchev–Trinajstić information content (AvgIpc) is 2.86. The van der Waals surface area contributed by atoms with Gasteiger partial charge in [0.15, 0.2) is 0 Å². The molecule has 0 fully saturated rings. The topological polar surface area (TPSA) is 47.6 Å². The van der Waals surface area contributed by atoms with E-state index in [1.165, 1.54) is 12.1 Å². The Morgan fingerprint density at radius 1 is 1.38 bits per heavy atom. The Hall–Kier alpha value is -2.56. The molecule has 1 aliphatic rings. The van der Waals surface area contributed by atoms with Crippen LogP contribution in [0.5, 0.6) is 11.5 Å². The van der Waals surface area contributed by atoms with Crippen molar-refractivity contribution in [2.45, 2.75) is 32.8 Å². The lowest BCUT2D eigenvalue weighted by Gasteiger charge is -2.13. The number of amides is 1. The monoisotopic (exact) mass is 329 g/mol. The average molecular weight is 329 g/mol. The summed E-state index contributed by atoms with van der Waals surface area (Å²) in [7, 11) is 0. The van der Waals surface area contributed by atoms with Crippen molar-refractivity contribution >= 4 is 11.6 Å². The number of carbonyl (C=O) groups is 1. The summed E-state index contributed by atoms with van der Waals surface area (Å²) in [6.45, 7) is 4.40. The summed E-state index contributed by atoms with van der Waals surface area (Å²) < 4.78 is 24.6. The Kier molecular flexibility index (Phi) is 4.69. The zero-order valence-corrected chi connectivity index (χ0v) is 13.8. The third kappa shape index (κ3) is 3.67. The smallest absolute Gasteiger partial charge is 0.228 e. The summed E-state index contributed by atoms with van der Waals surface area (Å²) in [4.78, 5) is 12.3. The van der Waals surface area contributed by atoms with Crippen molar-refractivity contribution in [2.24, 2.45) is 0 Å². The summed E-state index contributed by atoms with van der Waals surface area (Å²) in [6.07, 6.45) is 1.04. The van der Waals surface area contributed by atoms with Crippen LogP contribution < -0.4 is 14.8 Å². The molecule has 5 heteroatoms. The highest BCUT2D eigenvalue weighted by Gasteiger charge is 2.22. The lowest BCUT2D eigenvalue weighted by Crippen LogP contribution is -2.15. The second-order valence-corrected chi connectivity index (χ2v) is 5.88. The van der Waals surface area contributed by atoms with Crippen molar-refractivity contribution in [2.75, 3.05) is 11.9 Å². The highest BCUT2D eigenvalue weighted by atomic mass is 19.1. The first-order valence-electron chi connectivity index (χ1n) is 8.06. The molecule has 2 aromatic carbocycles. The second-order valence-electron chi connectivity index (χ2n) is 5.88. The molecule has 126 valence electrons. The summed E-state index contributed by atoms with van der Waals surface area (Å²) >= 11 is 0. The first kappa shape index (κ1) is 16.3. The number of hydrogen-bond acceptors (Lipinski definition) is 3. The van der Waals surface area contributed by atoms with Gasteiger partial charge < -0.3 is 14.8 Å². The van der Waals surface area contributed by atoms with E-state index in [1.54, 1.807) is 18.2 Å². The molecular weight excluding hydrogens is 309 g/mol. The number of hydrogen-bond donors (Lipinski definition) is 1. The normalized spacial score (nSPS) is 15.5. The van der Waals surface area contributed by atoms with Crippen LogP contribution in [0.3, 0.4) is 0 Å². The van der Waals surface area contributed by atoms with E-state index in [9.17, 15) is 9.18 Å². The van der Waals surface area contributed by atoms with E-state index in [1.807, 2.05) is 19.9 Å². The van der Waals surface area contributed by atoms with Crippen LogP contribution in [0.1, 0.15) is 25.0 Å². The van der Waals surface area contributed by atoms with Crippen molar-refractivity contribution in [1.29, 1.82) is 0 Å². The first-order valence-corrected chi connectivity index (χ1v) is 8.06. The largest absolute Gasteiger partial charge is 0.492 e. The van der Waals surface area contributed by atoms with Crippen LogP contribution in [-0.4, -0.2) is 18.6 Å².